The lowest BCUT2D eigenvalue weighted by Gasteiger charge is -2.27. The number of nitrogens with one attached hydrogen (secondary N) is 2. The van der Waals surface area contributed by atoms with Gasteiger partial charge >= 0.3 is 0 Å². The lowest BCUT2D eigenvalue weighted by atomic mass is 10.3. The van der Waals surface area contributed by atoms with Gasteiger partial charge in [-0.15, -0.1) is 5.10 Å². The number of nitrogens with zero attached hydrogens (tertiary/aromatic N) is 4. The minimum Gasteiger partial charge on any atom is -0.461 e. The summed E-state index contributed by atoms with van der Waals surface area (Å²) in [6.45, 7) is 4.78. The van der Waals surface area contributed by atoms with Gasteiger partial charge in [0.15, 0.2) is 12.4 Å². The van der Waals surface area contributed by atoms with Crippen LogP contribution in [0, 0.1) is 4.77 Å². The van der Waals surface area contributed by atoms with Crippen LogP contribution in [-0.4, -0.2) is 40.5 Å². The van der Waals surface area contributed by atoms with Crippen molar-refractivity contribution in [1.82, 2.24) is 14.3 Å². The van der Waals surface area contributed by atoms with E-state index in [4.69, 9.17) is 21.7 Å². The third kappa shape index (κ3) is 3.67. The van der Waals surface area contributed by atoms with E-state index >= 15 is 0 Å². The van der Waals surface area contributed by atoms with Crippen molar-refractivity contribution in [3.63, 3.8) is 0 Å². The predicted molar refractivity (Wildman–Crippen MR) is 116 cm³/mol. The van der Waals surface area contributed by atoms with Gasteiger partial charge in [-0.1, -0.05) is 24.3 Å². The lowest BCUT2D eigenvalue weighted by molar-refractivity contribution is -0.924. The minimum absolute atomic E-state index is 0.680. The fraction of sp³-hybridized carbons (Fsp3) is 0.227. The first-order valence-corrected chi connectivity index (χ1v) is 10.5. The molecule has 1 fully saturated rings. The van der Waals surface area contributed by atoms with Crippen molar-refractivity contribution < 1.29 is 14.3 Å². The average Bonchev–Trinajstić information content (AvgIpc) is 3.44. The molecule has 1 aliphatic heterocycles. The molecule has 1 aromatic carbocycles. The molecule has 4 heterocycles. The van der Waals surface area contributed by atoms with Crippen molar-refractivity contribution in [2.75, 3.05) is 31.1 Å². The van der Waals surface area contributed by atoms with Crippen LogP contribution in [0.5, 0.6) is 0 Å². The number of piperazine rings is 1. The highest BCUT2D eigenvalue weighted by atomic mass is 32.1. The highest BCUT2D eigenvalue weighted by Crippen LogP contribution is 2.22. The van der Waals surface area contributed by atoms with E-state index in [1.165, 1.54) is 10.7 Å². The molecule has 0 atom stereocenters. The van der Waals surface area contributed by atoms with Gasteiger partial charge in [0.1, 0.15) is 26.2 Å². The number of benzene rings is 1. The Labute approximate surface area is 179 Å². The summed E-state index contributed by atoms with van der Waals surface area (Å²) < 4.78 is 10.2. The number of aromatic amines is 1. The van der Waals surface area contributed by atoms with Gasteiger partial charge in [0.05, 0.1) is 18.1 Å². The number of pyridine rings is 1. The maximum atomic E-state index is 5.83. The molecule has 3 aromatic heterocycles. The Hall–Kier alpha value is -3.23. The molecule has 0 saturated carbocycles. The second-order valence-corrected chi connectivity index (χ2v) is 7.76. The molecule has 1 aliphatic rings. The molecule has 0 spiro atoms. The molecule has 0 radical (unpaired) electrons. The summed E-state index contributed by atoms with van der Waals surface area (Å²) in [5.74, 6) is 2.61. The summed E-state index contributed by atoms with van der Waals surface area (Å²) in [5, 5.41) is 4.84. The Balaban J connectivity index is 1.39. The van der Waals surface area contributed by atoms with E-state index in [9.17, 15) is 0 Å². The van der Waals surface area contributed by atoms with Crippen molar-refractivity contribution in [2.24, 2.45) is 0 Å². The summed E-state index contributed by atoms with van der Waals surface area (Å²) in [4.78, 5) is 7.17. The maximum Gasteiger partial charge on any atom is 0.274 e. The molecule has 4 aromatic rings. The number of hydrogen-bond acceptors (Lipinski definition) is 4. The van der Waals surface area contributed by atoms with Gasteiger partial charge in [-0.3, -0.25) is 9.47 Å². The second-order valence-electron chi connectivity index (χ2n) is 7.40. The molecule has 8 heteroatoms. The molecular weight excluding hydrogens is 396 g/mol. The van der Waals surface area contributed by atoms with Crippen molar-refractivity contribution in [3.8, 4) is 17.3 Å². The molecule has 152 valence electrons. The van der Waals surface area contributed by atoms with Crippen LogP contribution in [0.25, 0.3) is 17.3 Å². The zero-order valence-corrected chi connectivity index (χ0v) is 17.4. The van der Waals surface area contributed by atoms with Crippen molar-refractivity contribution in [2.45, 2.75) is 6.67 Å². The Morgan fingerprint density at radius 3 is 2.50 bits per heavy atom. The number of anilines is 1. The molecule has 7 nitrogen and oxygen atoms in total. The van der Waals surface area contributed by atoms with Gasteiger partial charge in [0.25, 0.3) is 5.82 Å². The summed E-state index contributed by atoms with van der Waals surface area (Å²) in [6.07, 6.45) is 3.64. The van der Waals surface area contributed by atoms with Crippen molar-refractivity contribution >= 4 is 18.0 Å². The van der Waals surface area contributed by atoms with Gasteiger partial charge in [-0.2, -0.15) is 4.68 Å². The smallest absolute Gasteiger partial charge is 0.274 e. The van der Waals surface area contributed by atoms with Crippen LogP contribution in [0.1, 0.15) is 0 Å². The summed E-state index contributed by atoms with van der Waals surface area (Å²) in [5.41, 5.74) is 0.986. The molecule has 0 aliphatic carbocycles. The SMILES string of the molecule is S=c1n(C[NH+]2CCN(c3cccc[nH+]3)CC2)nc(-c2ccco2)n1-c1ccccc1. The molecule has 0 bridgehead atoms. The molecule has 5 rings (SSSR count). The number of furan rings is 1. The Bertz CT molecular complexity index is 1150. The van der Waals surface area contributed by atoms with E-state index in [0.717, 1.165) is 44.4 Å². The number of hydrogen-bond donors (Lipinski definition) is 1. The lowest BCUT2D eigenvalue weighted by Crippen LogP contribution is -3.14. The summed E-state index contributed by atoms with van der Waals surface area (Å²) in [7, 11) is 0. The van der Waals surface area contributed by atoms with Crippen LogP contribution in [0.2, 0.25) is 0 Å². The van der Waals surface area contributed by atoms with E-state index in [0.29, 0.717) is 10.5 Å². The van der Waals surface area contributed by atoms with Crippen LogP contribution in [0.15, 0.2) is 77.5 Å². The number of para-hydroxylation sites is 1. The quantitative estimate of drug-likeness (QED) is 0.501. The number of aromatic nitrogens is 4. The largest absolute Gasteiger partial charge is 0.461 e. The first-order chi connectivity index (χ1) is 14.8. The normalized spacial score (nSPS) is 14.9. The number of rotatable bonds is 5. The standard InChI is InChI=1S/C22H22N6OS/c30-22-27(17-25-12-14-26(15-13-25)20-10-4-5-11-23-20)24-21(19-9-6-16-29-19)28(22)18-7-2-1-3-8-18/h1-11,16H,12-15,17H2/p+2. The van der Waals surface area contributed by atoms with Crippen molar-refractivity contribution in [3.05, 3.63) is 77.9 Å². The van der Waals surface area contributed by atoms with E-state index < -0.39 is 0 Å². The van der Waals surface area contributed by atoms with Gasteiger partial charge in [0.2, 0.25) is 10.6 Å². The van der Waals surface area contributed by atoms with Crippen LogP contribution >= 0.6 is 12.2 Å². The first-order valence-electron chi connectivity index (χ1n) is 10.1. The van der Waals surface area contributed by atoms with Crippen molar-refractivity contribution in [1.29, 1.82) is 0 Å². The zero-order chi connectivity index (χ0) is 20.3. The van der Waals surface area contributed by atoms with Gasteiger partial charge in [-0.05, 0) is 42.5 Å². The minimum atomic E-state index is 0.680. The monoisotopic (exact) mass is 420 g/mol. The van der Waals surface area contributed by atoms with Gasteiger partial charge in [-0.25, -0.2) is 4.98 Å². The fourth-order valence-electron chi connectivity index (χ4n) is 3.90. The van der Waals surface area contributed by atoms with E-state index in [2.05, 4.69) is 22.0 Å². The number of H-pyrrole nitrogens is 1. The first kappa shape index (κ1) is 18.8. The zero-order valence-electron chi connectivity index (χ0n) is 16.6. The van der Waals surface area contributed by atoms with E-state index in [1.807, 2.05) is 64.0 Å². The Morgan fingerprint density at radius 2 is 1.80 bits per heavy atom. The Kier molecular flexibility index (Phi) is 5.17. The highest BCUT2D eigenvalue weighted by molar-refractivity contribution is 7.71. The molecular formula is C22H24N6OS+2. The van der Waals surface area contributed by atoms with Crippen LogP contribution in [-0.2, 0) is 6.67 Å². The fourth-order valence-corrected chi connectivity index (χ4v) is 4.20. The third-order valence-electron chi connectivity index (χ3n) is 5.47. The van der Waals surface area contributed by atoms with Gasteiger partial charge in [0, 0.05) is 6.07 Å². The summed E-state index contributed by atoms with van der Waals surface area (Å²) in [6, 6.07) is 20.1. The Morgan fingerprint density at radius 1 is 1.00 bits per heavy atom. The second kappa shape index (κ2) is 8.25. The molecule has 30 heavy (non-hydrogen) atoms. The molecule has 0 amide bonds. The third-order valence-corrected chi connectivity index (χ3v) is 5.87. The van der Waals surface area contributed by atoms with Crippen LogP contribution < -0.4 is 14.8 Å². The summed E-state index contributed by atoms with van der Waals surface area (Å²) >= 11 is 5.83. The van der Waals surface area contributed by atoms with E-state index in [-0.39, 0.29) is 0 Å². The maximum absolute atomic E-state index is 5.83. The predicted octanol–water partition coefficient (Wildman–Crippen LogP) is 1.84. The van der Waals surface area contributed by atoms with Crippen LogP contribution in [0.3, 0.4) is 0 Å². The highest BCUT2D eigenvalue weighted by Gasteiger charge is 2.27. The van der Waals surface area contributed by atoms with Gasteiger partial charge < -0.3 is 9.32 Å². The molecule has 2 N–H and O–H groups in total. The molecule has 0 unspecified atom stereocenters. The van der Waals surface area contributed by atoms with E-state index in [1.54, 1.807) is 6.26 Å². The molecule has 1 saturated heterocycles. The number of quaternary nitrogens is 1. The average molecular weight is 421 g/mol. The van der Waals surface area contributed by atoms with Crippen LogP contribution in [0.4, 0.5) is 5.82 Å². The topological polar surface area (TPSA) is 57.7 Å².